The van der Waals surface area contributed by atoms with E-state index in [1.54, 1.807) is 12.1 Å². The number of benzene rings is 1. The van der Waals surface area contributed by atoms with E-state index in [2.05, 4.69) is 10.1 Å². The molecule has 6 heteroatoms. The summed E-state index contributed by atoms with van der Waals surface area (Å²) in [5, 5.41) is 12.5. The molecule has 0 atom stereocenters. The van der Waals surface area contributed by atoms with E-state index in [4.69, 9.17) is 5.11 Å². The van der Waals surface area contributed by atoms with E-state index >= 15 is 0 Å². The highest BCUT2D eigenvalue weighted by atomic mass is 16.4. The smallest absolute Gasteiger partial charge is 0.348 e. The second-order valence-corrected chi connectivity index (χ2v) is 3.69. The summed E-state index contributed by atoms with van der Waals surface area (Å²) in [7, 11) is 0. The van der Waals surface area contributed by atoms with Crippen molar-refractivity contribution in [1.29, 1.82) is 0 Å². The Morgan fingerprint density at radius 3 is 2.65 bits per heavy atom. The molecule has 0 aliphatic heterocycles. The van der Waals surface area contributed by atoms with Gasteiger partial charge in [0.25, 0.3) is 0 Å². The SMILES string of the molecule is Cc1ccc(-n2nc(CC(=O)O)[nH]c2=O)cc1. The van der Waals surface area contributed by atoms with Crippen molar-refractivity contribution in [2.75, 3.05) is 0 Å². The number of carboxylic acids is 1. The van der Waals surface area contributed by atoms with Crippen LogP contribution in [0.3, 0.4) is 0 Å². The van der Waals surface area contributed by atoms with Gasteiger partial charge in [0.05, 0.1) is 5.69 Å². The zero-order chi connectivity index (χ0) is 12.4. The maximum Gasteiger partial charge on any atom is 0.348 e. The molecule has 0 amide bonds. The molecule has 0 unspecified atom stereocenters. The number of nitrogens with one attached hydrogen (secondary N) is 1. The van der Waals surface area contributed by atoms with Gasteiger partial charge in [-0.3, -0.25) is 9.78 Å². The second kappa shape index (κ2) is 4.25. The van der Waals surface area contributed by atoms with Crippen LogP contribution >= 0.6 is 0 Å². The number of hydrogen-bond donors (Lipinski definition) is 2. The minimum Gasteiger partial charge on any atom is -0.481 e. The first-order valence-corrected chi connectivity index (χ1v) is 5.03. The lowest BCUT2D eigenvalue weighted by molar-refractivity contribution is -0.136. The van der Waals surface area contributed by atoms with E-state index in [9.17, 15) is 9.59 Å². The first kappa shape index (κ1) is 11.1. The fourth-order valence-electron chi connectivity index (χ4n) is 1.45. The fraction of sp³-hybridized carbons (Fsp3) is 0.182. The lowest BCUT2D eigenvalue weighted by Crippen LogP contribution is -2.15. The standard InChI is InChI=1S/C11H11N3O3/c1-7-2-4-8(5-3-7)14-11(17)12-9(13-14)6-10(15)16/h2-5H,6H2,1H3,(H,15,16)(H,12,13,17). The molecule has 17 heavy (non-hydrogen) atoms. The summed E-state index contributed by atoms with van der Waals surface area (Å²) in [6.45, 7) is 1.94. The van der Waals surface area contributed by atoms with Crippen molar-refractivity contribution >= 4 is 5.97 Å². The van der Waals surface area contributed by atoms with Crippen LogP contribution in [0.25, 0.3) is 5.69 Å². The van der Waals surface area contributed by atoms with Crippen LogP contribution in [-0.4, -0.2) is 25.8 Å². The zero-order valence-electron chi connectivity index (χ0n) is 9.17. The van der Waals surface area contributed by atoms with E-state index < -0.39 is 11.7 Å². The average Bonchev–Trinajstić information content (AvgIpc) is 2.59. The summed E-state index contributed by atoms with van der Waals surface area (Å²) in [6.07, 6.45) is -0.298. The average molecular weight is 233 g/mol. The van der Waals surface area contributed by atoms with Crippen molar-refractivity contribution in [2.24, 2.45) is 0 Å². The van der Waals surface area contributed by atoms with Crippen LogP contribution in [0.4, 0.5) is 0 Å². The number of nitrogens with zero attached hydrogens (tertiary/aromatic N) is 2. The molecule has 2 N–H and O–H groups in total. The summed E-state index contributed by atoms with van der Waals surface area (Å²) in [4.78, 5) is 24.5. The van der Waals surface area contributed by atoms with Crippen molar-refractivity contribution in [3.05, 3.63) is 46.1 Å². The first-order valence-electron chi connectivity index (χ1n) is 5.03. The molecule has 88 valence electrons. The number of aromatic amines is 1. The molecule has 2 aromatic rings. The van der Waals surface area contributed by atoms with Gasteiger partial charge in [0.2, 0.25) is 0 Å². The van der Waals surface area contributed by atoms with Crippen molar-refractivity contribution in [1.82, 2.24) is 14.8 Å². The largest absolute Gasteiger partial charge is 0.481 e. The Hall–Kier alpha value is -2.37. The van der Waals surface area contributed by atoms with Gasteiger partial charge in [-0.2, -0.15) is 4.68 Å². The van der Waals surface area contributed by atoms with Crippen molar-refractivity contribution < 1.29 is 9.90 Å². The molecule has 1 heterocycles. The third-order valence-corrected chi connectivity index (χ3v) is 2.26. The molecule has 1 aromatic heterocycles. The zero-order valence-corrected chi connectivity index (χ0v) is 9.17. The van der Waals surface area contributed by atoms with E-state index in [0.717, 1.165) is 10.2 Å². The van der Waals surface area contributed by atoms with Gasteiger partial charge >= 0.3 is 11.7 Å². The third-order valence-electron chi connectivity index (χ3n) is 2.26. The Morgan fingerprint density at radius 1 is 1.41 bits per heavy atom. The monoisotopic (exact) mass is 233 g/mol. The van der Waals surface area contributed by atoms with Gasteiger partial charge in [0.15, 0.2) is 0 Å². The maximum absolute atomic E-state index is 11.6. The Bertz CT molecular complexity index is 595. The number of rotatable bonds is 3. The van der Waals surface area contributed by atoms with E-state index in [-0.39, 0.29) is 12.2 Å². The van der Waals surface area contributed by atoms with Crippen LogP contribution in [0.2, 0.25) is 0 Å². The lowest BCUT2D eigenvalue weighted by atomic mass is 10.2. The van der Waals surface area contributed by atoms with Crippen LogP contribution in [0.5, 0.6) is 0 Å². The normalized spacial score (nSPS) is 10.4. The number of carboxylic acid groups (broad SMARTS) is 1. The van der Waals surface area contributed by atoms with Crippen molar-refractivity contribution in [3.63, 3.8) is 0 Å². The Balaban J connectivity index is 2.39. The van der Waals surface area contributed by atoms with E-state index in [1.165, 1.54) is 0 Å². The minimum atomic E-state index is -1.03. The first-order chi connectivity index (χ1) is 8.06. The molecule has 1 aromatic carbocycles. The number of hydrogen-bond acceptors (Lipinski definition) is 3. The van der Waals surface area contributed by atoms with Crippen LogP contribution in [0, 0.1) is 6.92 Å². The molecule has 0 aliphatic rings. The van der Waals surface area contributed by atoms with Gasteiger partial charge in [-0.05, 0) is 19.1 Å². The molecule has 0 saturated carbocycles. The predicted molar refractivity (Wildman–Crippen MR) is 60.3 cm³/mol. The van der Waals surface area contributed by atoms with Crippen molar-refractivity contribution in [2.45, 2.75) is 13.3 Å². The summed E-state index contributed by atoms with van der Waals surface area (Å²) < 4.78 is 1.15. The maximum atomic E-state index is 11.6. The van der Waals surface area contributed by atoms with Crippen LogP contribution in [-0.2, 0) is 11.2 Å². The molecular formula is C11H11N3O3. The summed E-state index contributed by atoms with van der Waals surface area (Å²) in [5.74, 6) is -0.891. The molecular weight excluding hydrogens is 222 g/mol. The molecule has 0 aliphatic carbocycles. The topological polar surface area (TPSA) is 88.0 Å². The highest BCUT2D eigenvalue weighted by molar-refractivity contribution is 5.68. The van der Waals surface area contributed by atoms with Crippen molar-refractivity contribution in [3.8, 4) is 5.69 Å². The molecule has 2 rings (SSSR count). The van der Waals surface area contributed by atoms with E-state index in [1.807, 2.05) is 19.1 Å². The number of aliphatic carboxylic acids is 1. The molecule has 6 nitrogen and oxygen atoms in total. The summed E-state index contributed by atoms with van der Waals surface area (Å²) in [6, 6.07) is 7.21. The van der Waals surface area contributed by atoms with Gasteiger partial charge < -0.3 is 5.11 Å². The van der Waals surface area contributed by atoms with Gasteiger partial charge in [-0.25, -0.2) is 4.79 Å². The molecule has 0 radical (unpaired) electrons. The van der Waals surface area contributed by atoms with Gasteiger partial charge in [-0.1, -0.05) is 17.7 Å². The van der Waals surface area contributed by atoms with Gasteiger partial charge in [0.1, 0.15) is 12.2 Å². The highest BCUT2D eigenvalue weighted by Gasteiger charge is 2.09. The quantitative estimate of drug-likeness (QED) is 0.807. The molecule has 0 saturated heterocycles. The minimum absolute atomic E-state index is 0.142. The summed E-state index contributed by atoms with van der Waals surface area (Å²) in [5.41, 5.74) is 1.24. The van der Waals surface area contributed by atoms with Gasteiger partial charge in [-0.15, -0.1) is 5.10 Å². The number of carbonyl (C=O) groups is 1. The van der Waals surface area contributed by atoms with Crippen LogP contribution in [0.1, 0.15) is 11.4 Å². The predicted octanol–water partition coefficient (Wildman–Crippen LogP) is 0.496. The summed E-state index contributed by atoms with van der Waals surface area (Å²) >= 11 is 0. The van der Waals surface area contributed by atoms with Crippen LogP contribution in [0.15, 0.2) is 29.1 Å². The van der Waals surface area contributed by atoms with Gasteiger partial charge in [0, 0.05) is 0 Å². The Morgan fingerprint density at radius 2 is 2.06 bits per heavy atom. The number of aromatic nitrogens is 3. The number of H-pyrrole nitrogens is 1. The fourth-order valence-corrected chi connectivity index (χ4v) is 1.45. The molecule has 0 fully saturated rings. The third kappa shape index (κ3) is 2.41. The molecule has 0 spiro atoms. The Kier molecular flexibility index (Phi) is 2.78. The second-order valence-electron chi connectivity index (χ2n) is 3.69. The molecule has 0 bridgehead atoms. The Labute approximate surface area is 96.5 Å². The number of aryl methyl sites for hydroxylation is 1. The highest BCUT2D eigenvalue weighted by Crippen LogP contribution is 2.05. The lowest BCUT2D eigenvalue weighted by Gasteiger charge is -1.99. The van der Waals surface area contributed by atoms with E-state index in [0.29, 0.717) is 5.69 Å². The van der Waals surface area contributed by atoms with Crippen LogP contribution < -0.4 is 5.69 Å².